The highest BCUT2D eigenvalue weighted by molar-refractivity contribution is 5.99. The molecular formula is C30H25FN4O. The molecule has 1 aromatic heterocycles. The zero-order valence-electron chi connectivity index (χ0n) is 19.7. The normalized spacial score (nSPS) is 20.9. The first-order valence-corrected chi connectivity index (χ1v) is 12.3. The van der Waals surface area contributed by atoms with E-state index in [2.05, 4.69) is 11.1 Å². The van der Waals surface area contributed by atoms with E-state index in [9.17, 15) is 14.4 Å². The standard InChI is InChI=1S/C30H25FN4O/c31-29-13-20(3-4-22(29)16-32)28-12-21(30(36)35-25-6-7-26(35)15-24(33)14-25)5-8-27(28)19-2-1-18-9-10-34-17-23(18)11-19/h1-5,8-13,17,24-26H,6-7,14-15,33H2. The van der Waals surface area contributed by atoms with Gasteiger partial charge in [0.2, 0.25) is 0 Å². The molecule has 2 atom stereocenters. The predicted molar refractivity (Wildman–Crippen MR) is 137 cm³/mol. The molecule has 178 valence electrons. The van der Waals surface area contributed by atoms with E-state index in [0.29, 0.717) is 11.1 Å². The van der Waals surface area contributed by atoms with Crippen molar-refractivity contribution in [1.29, 1.82) is 5.26 Å². The monoisotopic (exact) mass is 476 g/mol. The Balaban J connectivity index is 1.47. The number of rotatable bonds is 3. The number of hydrogen-bond acceptors (Lipinski definition) is 4. The van der Waals surface area contributed by atoms with Crippen LogP contribution in [0.5, 0.6) is 0 Å². The number of nitrogens with two attached hydrogens (primary N) is 1. The fraction of sp³-hybridized carbons (Fsp3) is 0.233. The van der Waals surface area contributed by atoms with Gasteiger partial charge < -0.3 is 10.6 Å². The Kier molecular flexibility index (Phi) is 5.50. The Hall–Kier alpha value is -4.08. The largest absolute Gasteiger partial charge is 0.333 e. The summed E-state index contributed by atoms with van der Waals surface area (Å²) < 4.78 is 14.7. The van der Waals surface area contributed by atoms with Gasteiger partial charge in [0.1, 0.15) is 11.9 Å². The summed E-state index contributed by atoms with van der Waals surface area (Å²) in [5, 5.41) is 11.3. The van der Waals surface area contributed by atoms with Gasteiger partial charge in [0.25, 0.3) is 5.91 Å². The van der Waals surface area contributed by atoms with Crippen LogP contribution in [-0.2, 0) is 0 Å². The van der Waals surface area contributed by atoms with Crippen LogP contribution in [0.3, 0.4) is 0 Å². The maximum atomic E-state index is 14.7. The number of benzene rings is 3. The second-order valence-corrected chi connectivity index (χ2v) is 9.83. The first kappa shape index (κ1) is 22.4. The highest BCUT2D eigenvalue weighted by Gasteiger charge is 2.42. The number of carbonyl (C=O) groups is 1. The van der Waals surface area contributed by atoms with Crippen LogP contribution in [0.2, 0.25) is 0 Å². The molecule has 0 spiro atoms. The van der Waals surface area contributed by atoms with Crippen molar-refractivity contribution in [3.05, 3.63) is 90.0 Å². The fourth-order valence-electron chi connectivity index (χ4n) is 5.89. The number of halogens is 1. The lowest BCUT2D eigenvalue weighted by Crippen LogP contribution is -2.50. The molecule has 4 aromatic rings. The first-order valence-electron chi connectivity index (χ1n) is 12.3. The highest BCUT2D eigenvalue weighted by Crippen LogP contribution is 2.39. The zero-order valence-corrected chi connectivity index (χ0v) is 19.7. The molecule has 2 unspecified atom stereocenters. The fourth-order valence-corrected chi connectivity index (χ4v) is 5.89. The Bertz CT molecular complexity index is 1530. The van der Waals surface area contributed by atoms with Crippen molar-refractivity contribution >= 4 is 16.7 Å². The molecule has 5 nitrogen and oxygen atoms in total. The van der Waals surface area contributed by atoms with Gasteiger partial charge in [-0.15, -0.1) is 0 Å². The third kappa shape index (κ3) is 3.82. The van der Waals surface area contributed by atoms with Crippen LogP contribution in [-0.4, -0.2) is 33.9 Å². The second-order valence-electron chi connectivity index (χ2n) is 9.83. The minimum Gasteiger partial charge on any atom is -0.333 e. The molecule has 36 heavy (non-hydrogen) atoms. The molecule has 0 aliphatic carbocycles. The summed E-state index contributed by atoms with van der Waals surface area (Å²) in [4.78, 5) is 20.0. The molecule has 6 heteroatoms. The number of piperidine rings is 1. The number of carbonyl (C=O) groups excluding carboxylic acids is 1. The average molecular weight is 477 g/mol. The van der Waals surface area contributed by atoms with Crippen LogP contribution < -0.4 is 5.73 Å². The molecule has 2 aliphatic heterocycles. The molecule has 2 fully saturated rings. The Morgan fingerprint density at radius 1 is 0.944 bits per heavy atom. The Morgan fingerprint density at radius 3 is 2.44 bits per heavy atom. The van der Waals surface area contributed by atoms with Crippen LogP contribution >= 0.6 is 0 Å². The van der Waals surface area contributed by atoms with E-state index in [-0.39, 0.29) is 29.6 Å². The molecule has 2 bridgehead atoms. The predicted octanol–water partition coefficient (Wildman–Crippen LogP) is 5.67. The number of nitriles is 1. The van der Waals surface area contributed by atoms with Crippen LogP contribution in [0.15, 0.2) is 73.1 Å². The Labute approximate surface area is 209 Å². The molecule has 0 radical (unpaired) electrons. The van der Waals surface area contributed by atoms with Gasteiger partial charge >= 0.3 is 0 Å². The first-order chi connectivity index (χ1) is 17.5. The van der Waals surface area contributed by atoms with E-state index < -0.39 is 5.82 Å². The average Bonchev–Trinajstić information content (AvgIpc) is 3.18. The van der Waals surface area contributed by atoms with Crippen molar-refractivity contribution in [2.24, 2.45) is 5.73 Å². The van der Waals surface area contributed by atoms with Gasteiger partial charge in [0.15, 0.2) is 0 Å². The molecule has 6 rings (SSSR count). The zero-order chi connectivity index (χ0) is 24.8. The molecule has 3 aromatic carbocycles. The number of nitrogens with zero attached hydrogens (tertiary/aromatic N) is 3. The van der Waals surface area contributed by atoms with Crippen LogP contribution in [0, 0.1) is 17.1 Å². The quantitative estimate of drug-likeness (QED) is 0.413. The van der Waals surface area contributed by atoms with Crippen molar-refractivity contribution in [3.8, 4) is 28.3 Å². The van der Waals surface area contributed by atoms with Gasteiger partial charge in [-0.05, 0) is 89.7 Å². The lowest BCUT2D eigenvalue weighted by molar-refractivity contribution is 0.0575. The molecule has 2 saturated heterocycles. The third-order valence-corrected chi connectivity index (χ3v) is 7.62. The highest BCUT2D eigenvalue weighted by atomic mass is 19.1. The van der Waals surface area contributed by atoms with Crippen LogP contribution in [0.4, 0.5) is 4.39 Å². The molecule has 0 saturated carbocycles. The van der Waals surface area contributed by atoms with Gasteiger partial charge in [-0.3, -0.25) is 9.78 Å². The van der Waals surface area contributed by atoms with Crippen molar-refractivity contribution in [1.82, 2.24) is 9.88 Å². The summed E-state index contributed by atoms with van der Waals surface area (Å²) in [7, 11) is 0. The molecule has 2 N–H and O–H groups in total. The van der Waals surface area contributed by atoms with E-state index in [4.69, 9.17) is 5.73 Å². The van der Waals surface area contributed by atoms with Crippen molar-refractivity contribution < 1.29 is 9.18 Å². The lowest BCUT2D eigenvalue weighted by atomic mass is 9.90. The summed E-state index contributed by atoms with van der Waals surface area (Å²) >= 11 is 0. The minimum atomic E-state index is -0.580. The number of aromatic nitrogens is 1. The number of fused-ring (bicyclic) bond motifs is 3. The summed E-state index contributed by atoms with van der Waals surface area (Å²) in [6, 6.07) is 20.7. The minimum absolute atomic E-state index is 0.000900. The second kappa shape index (κ2) is 8.85. The third-order valence-electron chi connectivity index (χ3n) is 7.62. The van der Waals surface area contributed by atoms with Gasteiger partial charge in [-0.2, -0.15) is 5.26 Å². The topological polar surface area (TPSA) is 83.0 Å². The summed E-state index contributed by atoms with van der Waals surface area (Å²) in [6.07, 6.45) is 7.21. The number of pyridine rings is 1. The molecule has 3 heterocycles. The molecular weight excluding hydrogens is 451 g/mol. The van der Waals surface area contributed by atoms with E-state index in [1.54, 1.807) is 12.3 Å². The smallest absolute Gasteiger partial charge is 0.254 e. The SMILES string of the molecule is N#Cc1ccc(-c2cc(C(=O)N3C4CCC3CC(N)C4)ccc2-c2ccc3ccncc3c2)cc1F. The van der Waals surface area contributed by atoms with Crippen molar-refractivity contribution in [2.75, 3.05) is 0 Å². The van der Waals surface area contributed by atoms with E-state index in [0.717, 1.165) is 53.1 Å². The summed E-state index contributed by atoms with van der Waals surface area (Å²) in [5.41, 5.74) is 9.97. The Morgan fingerprint density at radius 2 is 1.69 bits per heavy atom. The summed E-state index contributed by atoms with van der Waals surface area (Å²) in [6.45, 7) is 0. The van der Waals surface area contributed by atoms with Gasteiger partial charge in [0, 0.05) is 41.5 Å². The van der Waals surface area contributed by atoms with Crippen molar-refractivity contribution in [2.45, 2.75) is 43.8 Å². The van der Waals surface area contributed by atoms with Crippen molar-refractivity contribution in [3.63, 3.8) is 0 Å². The van der Waals surface area contributed by atoms with Crippen LogP contribution in [0.25, 0.3) is 33.0 Å². The maximum Gasteiger partial charge on any atom is 0.254 e. The van der Waals surface area contributed by atoms with Gasteiger partial charge in [-0.25, -0.2) is 4.39 Å². The van der Waals surface area contributed by atoms with Gasteiger partial charge in [-0.1, -0.05) is 24.3 Å². The van der Waals surface area contributed by atoms with Crippen LogP contribution in [0.1, 0.15) is 41.6 Å². The van der Waals surface area contributed by atoms with E-state index in [1.165, 1.54) is 12.1 Å². The maximum absolute atomic E-state index is 14.7. The number of hydrogen-bond donors (Lipinski definition) is 1. The van der Waals surface area contributed by atoms with E-state index in [1.807, 2.05) is 53.6 Å². The van der Waals surface area contributed by atoms with E-state index >= 15 is 0 Å². The van der Waals surface area contributed by atoms with Gasteiger partial charge in [0.05, 0.1) is 5.56 Å². The summed E-state index contributed by atoms with van der Waals surface area (Å²) in [5.74, 6) is -0.581. The molecule has 1 amide bonds. The lowest BCUT2D eigenvalue weighted by Gasteiger charge is -2.38. The number of amides is 1. The molecule has 2 aliphatic rings.